The van der Waals surface area contributed by atoms with Gasteiger partial charge in [0.05, 0.1) is 12.9 Å². The summed E-state index contributed by atoms with van der Waals surface area (Å²) in [6.07, 6.45) is 1.40. The van der Waals surface area contributed by atoms with Crippen molar-refractivity contribution in [1.29, 1.82) is 0 Å². The Kier molecular flexibility index (Phi) is 6.00. The topological polar surface area (TPSA) is 80.6 Å². The first kappa shape index (κ1) is 18.8. The van der Waals surface area contributed by atoms with Gasteiger partial charge < -0.3 is 14.5 Å². The molecule has 1 aromatic carbocycles. The molecule has 0 fully saturated rings. The summed E-state index contributed by atoms with van der Waals surface area (Å²) in [5.74, 6) is -0.795. The lowest BCUT2D eigenvalue weighted by atomic mass is 10.0. The van der Waals surface area contributed by atoms with Gasteiger partial charge in [-0.3, -0.25) is 10.1 Å². The molecule has 3 rings (SSSR count). The standard InChI is InChI=1S/C19H16N2O4S2/c1-2-24-18(23)15-13(12-7-4-3-5-8-12)11-27-17(15)21-19(26)20-16(22)14-9-6-10-25-14/h3-11H,2H2,1H3,(H2,20,21,22,26). The molecule has 0 aliphatic heterocycles. The van der Waals surface area contributed by atoms with Crippen LogP contribution in [-0.2, 0) is 4.74 Å². The first-order chi connectivity index (χ1) is 13.1. The number of anilines is 1. The number of thiophene rings is 1. The molecule has 2 heterocycles. The number of esters is 1. The minimum atomic E-state index is -0.477. The Bertz CT molecular complexity index is 950. The maximum Gasteiger partial charge on any atom is 0.341 e. The number of nitrogens with one attached hydrogen (secondary N) is 2. The van der Waals surface area contributed by atoms with E-state index in [0.29, 0.717) is 10.6 Å². The average molecular weight is 400 g/mol. The molecule has 0 radical (unpaired) electrons. The van der Waals surface area contributed by atoms with Crippen LogP contribution < -0.4 is 10.6 Å². The summed E-state index contributed by atoms with van der Waals surface area (Å²) in [5, 5.41) is 7.83. The minimum Gasteiger partial charge on any atom is -0.462 e. The number of carbonyl (C=O) groups excluding carboxylic acids is 2. The van der Waals surface area contributed by atoms with Gasteiger partial charge in [0, 0.05) is 10.9 Å². The van der Waals surface area contributed by atoms with Crippen LogP contribution in [0, 0.1) is 0 Å². The molecule has 2 N–H and O–H groups in total. The molecule has 0 aliphatic carbocycles. The van der Waals surface area contributed by atoms with Crippen LogP contribution in [0.1, 0.15) is 27.8 Å². The number of carbonyl (C=O) groups is 2. The van der Waals surface area contributed by atoms with Gasteiger partial charge in [-0.05, 0) is 36.8 Å². The van der Waals surface area contributed by atoms with E-state index >= 15 is 0 Å². The maximum atomic E-state index is 12.5. The zero-order valence-corrected chi connectivity index (χ0v) is 16.0. The van der Waals surface area contributed by atoms with E-state index in [1.54, 1.807) is 13.0 Å². The Hall–Kier alpha value is -2.97. The van der Waals surface area contributed by atoms with Crippen molar-refractivity contribution in [1.82, 2.24) is 5.32 Å². The Balaban J connectivity index is 1.84. The van der Waals surface area contributed by atoms with Gasteiger partial charge in [0.25, 0.3) is 5.91 Å². The van der Waals surface area contributed by atoms with Gasteiger partial charge in [-0.1, -0.05) is 30.3 Å². The Morgan fingerprint density at radius 3 is 2.63 bits per heavy atom. The van der Waals surface area contributed by atoms with E-state index in [1.165, 1.54) is 23.7 Å². The van der Waals surface area contributed by atoms with Gasteiger partial charge in [0.2, 0.25) is 0 Å². The number of amides is 1. The highest BCUT2D eigenvalue weighted by atomic mass is 32.1. The van der Waals surface area contributed by atoms with E-state index in [0.717, 1.165) is 11.1 Å². The van der Waals surface area contributed by atoms with Crippen LogP contribution in [0.2, 0.25) is 0 Å². The number of thiocarbonyl (C=S) groups is 1. The summed E-state index contributed by atoms with van der Waals surface area (Å²) >= 11 is 6.50. The van der Waals surface area contributed by atoms with Crippen LogP contribution in [0.5, 0.6) is 0 Å². The van der Waals surface area contributed by atoms with Crippen molar-refractivity contribution >= 4 is 45.5 Å². The molecule has 0 bridgehead atoms. The van der Waals surface area contributed by atoms with Crippen LogP contribution in [0.25, 0.3) is 11.1 Å². The van der Waals surface area contributed by atoms with Crippen molar-refractivity contribution in [3.05, 3.63) is 65.4 Å². The largest absolute Gasteiger partial charge is 0.462 e. The SMILES string of the molecule is CCOC(=O)c1c(-c2ccccc2)csc1NC(=S)NC(=O)c1ccco1. The summed E-state index contributed by atoms with van der Waals surface area (Å²) < 4.78 is 10.2. The van der Waals surface area contributed by atoms with Crippen LogP contribution in [0.15, 0.2) is 58.5 Å². The van der Waals surface area contributed by atoms with E-state index < -0.39 is 11.9 Å². The maximum absolute atomic E-state index is 12.5. The molecule has 27 heavy (non-hydrogen) atoms. The van der Waals surface area contributed by atoms with Crippen molar-refractivity contribution in [3.8, 4) is 11.1 Å². The van der Waals surface area contributed by atoms with Crippen molar-refractivity contribution in [2.75, 3.05) is 11.9 Å². The monoisotopic (exact) mass is 400 g/mol. The van der Waals surface area contributed by atoms with Gasteiger partial charge >= 0.3 is 5.97 Å². The molecule has 0 unspecified atom stereocenters. The van der Waals surface area contributed by atoms with Crippen molar-refractivity contribution in [3.63, 3.8) is 0 Å². The number of hydrogen-bond donors (Lipinski definition) is 2. The highest BCUT2D eigenvalue weighted by Crippen LogP contribution is 2.36. The Morgan fingerprint density at radius 2 is 1.96 bits per heavy atom. The molecule has 8 heteroatoms. The van der Waals surface area contributed by atoms with E-state index in [-0.39, 0.29) is 17.5 Å². The fourth-order valence-corrected chi connectivity index (χ4v) is 3.61. The van der Waals surface area contributed by atoms with E-state index in [9.17, 15) is 9.59 Å². The molecule has 0 saturated carbocycles. The molecule has 0 aliphatic rings. The van der Waals surface area contributed by atoms with Gasteiger partial charge in [0.1, 0.15) is 10.6 Å². The summed E-state index contributed by atoms with van der Waals surface area (Å²) in [7, 11) is 0. The molecular weight excluding hydrogens is 384 g/mol. The number of ether oxygens (including phenoxy) is 1. The van der Waals surface area contributed by atoms with Crippen LogP contribution in [0.4, 0.5) is 5.00 Å². The molecule has 2 aromatic heterocycles. The quantitative estimate of drug-likeness (QED) is 0.491. The molecule has 6 nitrogen and oxygen atoms in total. The van der Waals surface area contributed by atoms with Gasteiger partial charge in [-0.25, -0.2) is 4.79 Å². The summed E-state index contributed by atoms with van der Waals surface area (Å²) in [5.41, 5.74) is 2.00. The zero-order valence-electron chi connectivity index (χ0n) is 14.4. The van der Waals surface area contributed by atoms with E-state index in [1.807, 2.05) is 35.7 Å². The van der Waals surface area contributed by atoms with Crippen LogP contribution in [0.3, 0.4) is 0 Å². The molecule has 0 atom stereocenters. The second-order valence-electron chi connectivity index (χ2n) is 5.33. The van der Waals surface area contributed by atoms with E-state index in [2.05, 4.69) is 10.6 Å². The van der Waals surface area contributed by atoms with Gasteiger partial charge in [-0.2, -0.15) is 0 Å². The van der Waals surface area contributed by atoms with Gasteiger partial charge in [-0.15, -0.1) is 11.3 Å². The third-order valence-electron chi connectivity index (χ3n) is 3.55. The van der Waals surface area contributed by atoms with Crippen molar-refractivity contribution in [2.45, 2.75) is 6.92 Å². The third-order valence-corrected chi connectivity index (χ3v) is 4.65. The lowest BCUT2D eigenvalue weighted by Crippen LogP contribution is -2.34. The van der Waals surface area contributed by atoms with E-state index in [4.69, 9.17) is 21.4 Å². The normalized spacial score (nSPS) is 10.3. The summed E-state index contributed by atoms with van der Waals surface area (Å²) in [6, 6.07) is 12.6. The van der Waals surface area contributed by atoms with Crippen LogP contribution in [-0.4, -0.2) is 23.6 Å². The molecule has 0 spiro atoms. The Labute approximate surface area is 165 Å². The fraction of sp³-hybridized carbons (Fsp3) is 0.105. The number of benzene rings is 1. The lowest BCUT2D eigenvalue weighted by molar-refractivity contribution is 0.0529. The highest BCUT2D eigenvalue weighted by Gasteiger charge is 2.22. The Morgan fingerprint density at radius 1 is 1.19 bits per heavy atom. The zero-order chi connectivity index (χ0) is 19.2. The summed E-state index contributed by atoms with van der Waals surface area (Å²) in [6.45, 7) is 2.00. The molecule has 138 valence electrons. The smallest absolute Gasteiger partial charge is 0.341 e. The second kappa shape index (κ2) is 8.61. The van der Waals surface area contributed by atoms with Gasteiger partial charge in [0.15, 0.2) is 10.9 Å². The summed E-state index contributed by atoms with van der Waals surface area (Å²) in [4.78, 5) is 24.5. The van der Waals surface area contributed by atoms with Crippen LogP contribution >= 0.6 is 23.6 Å². The molecular formula is C19H16N2O4S2. The number of furan rings is 1. The lowest BCUT2D eigenvalue weighted by Gasteiger charge is -2.10. The van der Waals surface area contributed by atoms with Crippen molar-refractivity contribution < 1.29 is 18.7 Å². The highest BCUT2D eigenvalue weighted by molar-refractivity contribution is 7.80. The fourth-order valence-electron chi connectivity index (χ4n) is 2.39. The second-order valence-corrected chi connectivity index (χ2v) is 6.61. The third kappa shape index (κ3) is 4.42. The number of hydrogen-bond acceptors (Lipinski definition) is 6. The molecule has 1 amide bonds. The molecule has 0 saturated heterocycles. The number of rotatable bonds is 5. The molecule has 3 aromatic rings. The first-order valence-electron chi connectivity index (χ1n) is 8.10. The minimum absolute atomic E-state index is 0.0587. The van der Waals surface area contributed by atoms with Crippen molar-refractivity contribution in [2.24, 2.45) is 0 Å². The predicted molar refractivity (Wildman–Crippen MR) is 108 cm³/mol. The average Bonchev–Trinajstić information content (AvgIpc) is 3.32. The first-order valence-corrected chi connectivity index (χ1v) is 9.38. The predicted octanol–water partition coefficient (Wildman–Crippen LogP) is 4.31.